The summed E-state index contributed by atoms with van der Waals surface area (Å²) in [4.78, 5) is 17.3. The van der Waals surface area contributed by atoms with E-state index in [4.69, 9.17) is 10.1 Å². The topological polar surface area (TPSA) is 99.6 Å². The van der Waals surface area contributed by atoms with Crippen LogP contribution in [0.5, 0.6) is 0 Å². The van der Waals surface area contributed by atoms with Gasteiger partial charge >= 0.3 is 0 Å². The van der Waals surface area contributed by atoms with Gasteiger partial charge in [-0.3, -0.25) is 0 Å². The Kier molecular flexibility index (Phi) is 6.02. The Labute approximate surface area is 179 Å². The van der Waals surface area contributed by atoms with E-state index in [0.29, 0.717) is 0 Å². The van der Waals surface area contributed by atoms with Crippen molar-refractivity contribution in [3.05, 3.63) is 84.5 Å². The lowest BCUT2D eigenvalue weighted by atomic mass is 10.2. The Balaban J connectivity index is 0.000000334. The van der Waals surface area contributed by atoms with Crippen LogP contribution in [0.3, 0.4) is 0 Å². The highest BCUT2D eigenvalue weighted by molar-refractivity contribution is 5.55. The van der Waals surface area contributed by atoms with E-state index in [1.165, 1.54) is 6.33 Å². The molecule has 0 aliphatic heterocycles. The first kappa shape index (κ1) is 20.3. The summed E-state index contributed by atoms with van der Waals surface area (Å²) in [5.74, 6) is 1.01. The molecule has 9 heteroatoms. The highest BCUT2D eigenvalue weighted by Crippen LogP contribution is 2.17. The van der Waals surface area contributed by atoms with Gasteiger partial charge in [-0.05, 0) is 44.5 Å². The zero-order valence-corrected chi connectivity index (χ0v) is 17.7. The second kappa shape index (κ2) is 9.21. The van der Waals surface area contributed by atoms with Gasteiger partial charge in [0, 0.05) is 50.0 Å². The summed E-state index contributed by atoms with van der Waals surface area (Å²) in [6.07, 6.45) is 12.0. The molecular formula is C22H23N9. The molecule has 156 valence electrons. The molecule has 9 nitrogen and oxygen atoms in total. The van der Waals surface area contributed by atoms with Crippen LogP contribution in [-0.4, -0.2) is 44.3 Å². The zero-order chi connectivity index (χ0) is 21.6. The van der Waals surface area contributed by atoms with Gasteiger partial charge in [-0.15, -0.1) is 0 Å². The second-order valence-electron chi connectivity index (χ2n) is 7.07. The van der Waals surface area contributed by atoms with Crippen LogP contribution in [0.4, 0.5) is 0 Å². The lowest BCUT2D eigenvalue weighted by molar-refractivity contribution is 0.741. The highest BCUT2D eigenvalue weighted by Gasteiger charge is 2.10. The summed E-state index contributed by atoms with van der Waals surface area (Å²) >= 11 is 0. The molecule has 0 bridgehead atoms. The molecule has 5 aromatic rings. The van der Waals surface area contributed by atoms with Gasteiger partial charge in [0.05, 0.1) is 22.8 Å². The Bertz CT molecular complexity index is 1230. The minimum Gasteiger partial charge on any atom is -0.337 e. The molecule has 0 fully saturated rings. The highest BCUT2D eigenvalue weighted by atomic mass is 15.3. The van der Waals surface area contributed by atoms with Gasteiger partial charge in [-0.25, -0.2) is 24.5 Å². The van der Waals surface area contributed by atoms with Crippen LogP contribution in [-0.2, 0) is 19.9 Å². The molecule has 0 saturated carbocycles. The fourth-order valence-electron chi connectivity index (χ4n) is 3.13. The van der Waals surface area contributed by atoms with Crippen molar-refractivity contribution < 1.29 is 0 Å². The molecule has 0 N–H and O–H groups in total. The average Bonchev–Trinajstić information content (AvgIpc) is 3.33. The summed E-state index contributed by atoms with van der Waals surface area (Å²) in [5.41, 5.74) is 5.84. The number of aryl methyl sites for hydroxylation is 5. The fraction of sp³-hybridized carbons (Fsp3) is 0.227. The molecule has 0 unspecified atom stereocenters. The predicted molar refractivity (Wildman–Crippen MR) is 116 cm³/mol. The maximum atomic E-state index is 4.72. The van der Waals surface area contributed by atoms with Crippen LogP contribution in [0.15, 0.2) is 61.6 Å². The first-order valence-corrected chi connectivity index (χ1v) is 9.93. The fourth-order valence-corrected chi connectivity index (χ4v) is 3.13. The quantitative estimate of drug-likeness (QED) is 0.447. The van der Waals surface area contributed by atoms with Crippen LogP contribution < -0.4 is 0 Å². The number of hydrogen-bond donors (Lipinski definition) is 0. The van der Waals surface area contributed by atoms with Gasteiger partial charge in [-0.1, -0.05) is 0 Å². The lowest BCUT2D eigenvalue weighted by Gasteiger charge is -2.03. The maximum Gasteiger partial charge on any atom is 0.154 e. The Hall–Kier alpha value is -4.01. The van der Waals surface area contributed by atoms with E-state index in [2.05, 4.69) is 25.1 Å². The minimum atomic E-state index is 0.815. The van der Waals surface area contributed by atoms with Gasteiger partial charge in [0.1, 0.15) is 12.2 Å². The smallest absolute Gasteiger partial charge is 0.154 e. The van der Waals surface area contributed by atoms with Crippen LogP contribution in [0.2, 0.25) is 0 Å². The second-order valence-corrected chi connectivity index (χ2v) is 7.07. The summed E-state index contributed by atoms with van der Waals surface area (Å²) in [5, 5.41) is 11.8. The third-order valence-electron chi connectivity index (χ3n) is 4.91. The normalized spacial score (nSPS) is 10.7. The van der Waals surface area contributed by atoms with E-state index >= 15 is 0 Å². The molecule has 5 heterocycles. The third-order valence-corrected chi connectivity index (χ3v) is 4.91. The van der Waals surface area contributed by atoms with E-state index in [1.807, 2.05) is 60.4 Å². The molecule has 0 aromatic carbocycles. The van der Waals surface area contributed by atoms with Crippen LogP contribution >= 0.6 is 0 Å². The Morgan fingerprint density at radius 2 is 1.65 bits per heavy atom. The van der Waals surface area contributed by atoms with Crippen molar-refractivity contribution in [3.63, 3.8) is 0 Å². The third kappa shape index (κ3) is 4.77. The lowest BCUT2D eigenvalue weighted by Crippen LogP contribution is -2.04. The van der Waals surface area contributed by atoms with Crippen molar-refractivity contribution in [3.8, 4) is 11.3 Å². The molecule has 0 atom stereocenters. The number of imidazole rings is 2. The van der Waals surface area contributed by atoms with E-state index < -0.39 is 0 Å². The predicted octanol–water partition coefficient (Wildman–Crippen LogP) is 2.80. The number of hydrogen-bond acceptors (Lipinski definition) is 7. The van der Waals surface area contributed by atoms with Gasteiger partial charge in [0.25, 0.3) is 0 Å². The number of aromatic nitrogens is 9. The van der Waals surface area contributed by atoms with Crippen LogP contribution in [0.25, 0.3) is 16.9 Å². The van der Waals surface area contributed by atoms with Gasteiger partial charge in [0.15, 0.2) is 5.65 Å². The zero-order valence-electron chi connectivity index (χ0n) is 17.7. The van der Waals surface area contributed by atoms with Crippen molar-refractivity contribution in [2.45, 2.75) is 26.7 Å². The SMILES string of the molecule is Cc1nc2ccc(CCc3nc(-c4cncnc4)cn3C)nn2c1C.c1ccnnc1. The summed E-state index contributed by atoms with van der Waals surface area (Å²) in [6, 6.07) is 7.71. The van der Waals surface area contributed by atoms with E-state index in [1.54, 1.807) is 24.8 Å². The molecule has 0 aliphatic rings. The molecular weight excluding hydrogens is 390 g/mol. The van der Waals surface area contributed by atoms with E-state index in [-0.39, 0.29) is 0 Å². The van der Waals surface area contributed by atoms with Crippen molar-refractivity contribution in [1.29, 1.82) is 0 Å². The van der Waals surface area contributed by atoms with Crippen LogP contribution in [0.1, 0.15) is 22.9 Å². The first-order chi connectivity index (χ1) is 15.1. The monoisotopic (exact) mass is 413 g/mol. The number of fused-ring (bicyclic) bond motifs is 1. The van der Waals surface area contributed by atoms with Crippen molar-refractivity contribution in [1.82, 2.24) is 44.3 Å². The van der Waals surface area contributed by atoms with Crippen molar-refractivity contribution >= 4 is 5.65 Å². The van der Waals surface area contributed by atoms with Crippen molar-refractivity contribution in [2.75, 3.05) is 0 Å². The standard InChI is InChI=1S/C18H19N7.C4H4N2/c1-12-13(2)25-18(21-12)7-5-15(23-25)4-6-17-22-16(10-24(17)3)14-8-19-11-20-9-14;1-2-4-6-5-3-1/h5,7-11H,4,6H2,1-3H3;1-4H. The molecule has 0 radical (unpaired) electrons. The first-order valence-electron chi connectivity index (χ1n) is 9.93. The average molecular weight is 413 g/mol. The van der Waals surface area contributed by atoms with E-state index in [9.17, 15) is 0 Å². The maximum absolute atomic E-state index is 4.72. The Morgan fingerprint density at radius 3 is 2.32 bits per heavy atom. The molecule has 5 aromatic heterocycles. The van der Waals surface area contributed by atoms with Gasteiger partial charge in [0.2, 0.25) is 0 Å². The van der Waals surface area contributed by atoms with E-state index in [0.717, 1.165) is 52.7 Å². The van der Waals surface area contributed by atoms with Crippen LogP contribution in [0, 0.1) is 13.8 Å². The molecule has 0 aliphatic carbocycles. The summed E-state index contributed by atoms with van der Waals surface area (Å²) in [6.45, 7) is 4.05. The molecule has 0 saturated heterocycles. The number of rotatable bonds is 4. The minimum absolute atomic E-state index is 0.815. The number of nitrogens with zero attached hydrogens (tertiary/aromatic N) is 9. The summed E-state index contributed by atoms with van der Waals surface area (Å²) in [7, 11) is 2.01. The molecule has 31 heavy (non-hydrogen) atoms. The molecule has 5 rings (SSSR count). The molecule has 0 amide bonds. The summed E-state index contributed by atoms with van der Waals surface area (Å²) < 4.78 is 3.96. The Morgan fingerprint density at radius 1 is 0.903 bits per heavy atom. The van der Waals surface area contributed by atoms with Gasteiger partial charge in [-0.2, -0.15) is 15.3 Å². The largest absolute Gasteiger partial charge is 0.337 e. The van der Waals surface area contributed by atoms with Gasteiger partial charge < -0.3 is 4.57 Å². The van der Waals surface area contributed by atoms with Crippen molar-refractivity contribution in [2.24, 2.45) is 7.05 Å². The molecule has 0 spiro atoms.